The molecule has 0 atom stereocenters. The highest BCUT2D eigenvalue weighted by Crippen LogP contribution is 2.20. The van der Waals surface area contributed by atoms with Crippen molar-refractivity contribution in [1.29, 1.82) is 0 Å². The van der Waals surface area contributed by atoms with Gasteiger partial charge in [0.15, 0.2) is 0 Å². The highest BCUT2D eigenvalue weighted by atomic mass is 32.2. The molecule has 0 radical (unpaired) electrons. The Labute approximate surface area is 152 Å². The van der Waals surface area contributed by atoms with E-state index in [-0.39, 0.29) is 11.3 Å². The van der Waals surface area contributed by atoms with E-state index in [9.17, 15) is 13.2 Å². The fourth-order valence-corrected chi connectivity index (χ4v) is 3.19. The first-order valence-corrected chi connectivity index (χ1v) is 9.98. The van der Waals surface area contributed by atoms with Crippen LogP contribution in [0.4, 0.5) is 17.2 Å². The summed E-state index contributed by atoms with van der Waals surface area (Å²) in [5.74, 6) is 0.406. The van der Waals surface area contributed by atoms with Gasteiger partial charge in [0.1, 0.15) is 5.82 Å². The Kier molecular flexibility index (Phi) is 5.38. The molecule has 1 saturated heterocycles. The van der Waals surface area contributed by atoms with Gasteiger partial charge in [-0.1, -0.05) is 12.1 Å². The lowest BCUT2D eigenvalue weighted by molar-refractivity contribution is 0.102. The van der Waals surface area contributed by atoms with E-state index >= 15 is 0 Å². The summed E-state index contributed by atoms with van der Waals surface area (Å²) in [7, 11) is -3.48. The van der Waals surface area contributed by atoms with Crippen LogP contribution in [0.5, 0.6) is 0 Å². The molecule has 138 valence electrons. The maximum absolute atomic E-state index is 12.5. The molecule has 0 unspecified atom stereocenters. The van der Waals surface area contributed by atoms with Crippen molar-refractivity contribution in [2.75, 3.05) is 47.5 Å². The smallest absolute Gasteiger partial charge is 0.257 e. The largest absolute Gasteiger partial charge is 0.378 e. The molecule has 1 aliphatic heterocycles. The number of anilines is 3. The fraction of sp³-hybridized carbons (Fsp3) is 0.294. The number of hydrogen-bond donors (Lipinski definition) is 2. The van der Waals surface area contributed by atoms with Gasteiger partial charge >= 0.3 is 0 Å². The number of benzene rings is 1. The van der Waals surface area contributed by atoms with E-state index in [4.69, 9.17) is 4.74 Å². The molecule has 2 heterocycles. The summed E-state index contributed by atoms with van der Waals surface area (Å²) in [5.41, 5.74) is 0.988. The number of sulfonamides is 1. The number of amides is 1. The zero-order valence-corrected chi connectivity index (χ0v) is 15.1. The van der Waals surface area contributed by atoms with Gasteiger partial charge in [-0.3, -0.25) is 9.52 Å². The first-order chi connectivity index (χ1) is 12.4. The highest BCUT2D eigenvalue weighted by molar-refractivity contribution is 7.92. The minimum atomic E-state index is -3.48. The second kappa shape index (κ2) is 7.71. The molecule has 1 aliphatic rings. The molecule has 8 nitrogen and oxygen atoms in total. The average Bonchev–Trinajstić information content (AvgIpc) is 2.62. The van der Waals surface area contributed by atoms with Gasteiger partial charge in [0.25, 0.3) is 5.91 Å². The summed E-state index contributed by atoms with van der Waals surface area (Å²) in [4.78, 5) is 19.0. The lowest BCUT2D eigenvalue weighted by atomic mass is 10.1. The van der Waals surface area contributed by atoms with Crippen LogP contribution >= 0.6 is 0 Å². The van der Waals surface area contributed by atoms with Crippen LogP contribution in [0.15, 0.2) is 42.6 Å². The Balaban J connectivity index is 1.72. The number of pyridine rings is 1. The number of aromatic nitrogens is 1. The van der Waals surface area contributed by atoms with Crippen LogP contribution in [0.1, 0.15) is 10.4 Å². The first-order valence-electron chi connectivity index (χ1n) is 8.09. The van der Waals surface area contributed by atoms with E-state index < -0.39 is 15.9 Å². The molecular weight excluding hydrogens is 356 g/mol. The monoisotopic (exact) mass is 376 g/mol. The Hall–Kier alpha value is -2.65. The third-order valence-electron chi connectivity index (χ3n) is 3.81. The van der Waals surface area contributed by atoms with Crippen LogP contribution in [-0.2, 0) is 14.8 Å². The van der Waals surface area contributed by atoms with Crippen molar-refractivity contribution in [1.82, 2.24) is 4.98 Å². The standard InChI is InChI=1S/C17H20N4O4S/c1-26(23,24)20-15-5-3-2-4-14(15)17(22)19-13-6-7-16(18-12-13)21-8-10-25-11-9-21/h2-7,12,20H,8-11H2,1H3,(H,19,22). The van der Waals surface area contributed by atoms with Crippen molar-refractivity contribution >= 4 is 33.1 Å². The predicted octanol–water partition coefficient (Wildman–Crippen LogP) is 1.54. The topological polar surface area (TPSA) is 101 Å². The number of morpholine rings is 1. The Morgan fingerprint density at radius 2 is 1.88 bits per heavy atom. The normalized spacial score (nSPS) is 14.7. The summed E-state index contributed by atoms with van der Waals surface area (Å²) >= 11 is 0. The number of carbonyl (C=O) groups is 1. The molecule has 0 bridgehead atoms. The second-order valence-electron chi connectivity index (χ2n) is 5.88. The minimum absolute atomic E-state index is 0.227. The molecule has 1 aromatic heterocycles. The average molecular weight is 376 g/mol. The molecule has 2 aromatic rings. The zero-order chi connectivity index (χ0) is 18.6. The fourth-order valence-electron chi connectivity index (χ4n) is 2.61. The molecule has 3 rings (SSSR count). The third-order valence-corrected chi connectivity index (χ3v) is 4.40. The molecule has 1 aromatic carbocycles. The number of rotatable bonds is 5. The zero-order valence-electron chi connectivity index (χ0n) is 14.3. The molecule has 9 heteroatoms. The molecule has 2 N–H and O–H groups in total. The molecule has 0 spiro atoms. The van der Waals surface area contributed by atoms with Gasteiger partial charge < -0.3 is 15.0 Å². The molecule has 0 saturated carbocycles. The first kappa shape index (κ1) is 18.2. The van der Waals surface area contributed by atoms with E-state index in [0.29, 0.717) is 18.9 Å². The number of para-hydroxylation sites is 1. The van der Waals surface area contributed by atoms with Crippen molar-refractivity contribution in [2.24, 2.45) is 0 Å². The quantitative estimate of drug-likeness (QED) is 0.821. The van der Waals surface area contributed by atoms with E-state index in [0.717, 1.165) is 25.2 Å². The molecule has 0 aliphatic carbocycles. The minimum Gasteiger partial charge on any atom is -0.378 e. The summed E-state index contributed by atoms with van der Waals surface area (Å²) < 4.78 is 30.6. The van der Waals surface area contributed by atoms with Gasteiger partial charge in [-0.15, -0.1) is 0 Å². The lowest BCUT2D eigenvalue weighted by Gasteiger charge is -2.27. The number of carbonyl (C=O) groups excluding carboxylic acids is 1. The molecule has 1 fully saturated rings. The van der Waals surface area contributed by atoms with E-state index in [2.05, 4.69) is 19.9 Å². The number of nitrogens with one attached hydrogen (secondary N) is 2. The van der Waals surface area contributed by atoms with Crippen LogP contribution in [0.25, 0.3) is 0 Å². The Morgan fingerprint density at radius 3 is 2.54 bits per heavy atom. The molecular formula is C17H20N4O4S. The van der Waals surface area contributed by atoms with Gasteiger partial charge in [-0.05, 0) is 24.3 Å². The lowest BCUT2D eigenvalue weighted by Crippen LogP contribution is -2.36. The van der Waals surface area contributed by atoms with Gasteiger partial charge in [-0.2, -0.15) is 0 Å². The van der Waals surface area contributed by atoms with Gasteiger partial charge in [0, 0.05) is 13.1 Å². The molecule has 26 heavy (non-hydrogen) atoms. The third kappa shape index (κ3) is 4.70. The van der Waals surface area contributed by atoms with Crippen molar-refractivity contribution in [2.45, 2.75) is 0 Å². The number of ether oxygens (including phenoxy) is 1. The van der Waals surface area contributed by atoms with Crippen molar-refractivity contribution in [3.8, 4) is 0 Å². The highest BCUT2D eigenvalue weighted by Gasteiger charge is 2.15. The van der Waals surface area contributed by atoms with E-state index in [1.807, 2.05) is 6.07 Å². The van der Waals surface area contributed by atoms with Crippen LogP contribution < -0.4 is 14.9 Å². The van der Waals surface area contributed by atoms with E-state index in [1.54, 1.807) is 30.5 Å². The van der Waals surface area contributed by atoms with Crippen LogP contribution in [0, 0.1) is 0 Å². The van der Waals surface area contributed by atoms with Gasteiger partial charge in [0.2, 0.25) is 10.0 Å². The van der Waals surface area contributed by atoms with Crippen LogP contribution in [0.2, 0.25) is 0 Å². The summed E-state index contributed by atoms with van der Waals surface area (Å²) in [6.45, 7) is 2.90. The SMILES string of the molecule is CS(=O)(=O)Nc1ccccc1C(=O)Nc1ccc(N2CCOCC2)nc1. The molecule has 1 amide bonds. The number of nitrogens with zero attached hydrogens (tertiary/aromatic N) is 2. The maximum Gasteiger partial charge on any atom is 0.257 e. The summed E-state index contributed by atoms with van der Waals surface area (Å²) in [6, 6.07) is 10.0. The van der Waals surface area contributed by atoms with Gasteiger partial charge in [-0.25, -0.2) is 13.4 Å². The van der Waals surface area contributed by atoms with Crippen molar-refractivity contribution in [3.05, 3.63) is 48.2 Å². The van der Waals surface area contributed by atoms with Crippen LogP contribution in [0.3, 0.4) is 0 Å². The second-order valence-corrected chi connectivity index (χ2v) is 7.63. The summed E-state index contributed by atoms with van der Waals surface area (Å²) in [6.07, 6.45) is 2.62. The Morgan fingerprint density at radius 1 is 1.15 bits per heavy atom. The predicted molar refractivity (Wildman–Crippen MR) is 100 cm³/mol. The van der Waals surface area contributed by atoms with Crippen molar-refractivity contribution < 1.29 is 17.9 Å². The maximum atomic E-state index is 12.5. The Bertz CT molecular complexity index is 878. The van der Waals surface area contributed by atoms with Crippen molar-refractivity contribution in [3.63, 3.8) is 0 Å². The van der Waals surface area contributed by atoms with Crippen LogP contribution in [-0.4, -0.2) is 51.9 Å². The summed E-state index contributed by atoms with van der Waals surface area (Å²) in [5, 5.41) is 2.74. The number of hydrogen-bond acceptors (Lipinski definition) is 6. The van der Waals surface area contributed by atoms with E-state index in [1.165, 1.54) is 6.07 Å². The van der Waals surface area contributed by atoms with Gasteiger partial charge in [0.05, 0.1) is 42.6 Å².